The lowest BCUT2D eigenvalue weighted by Crippen LogP contribution is -2.43. The minimum Gasteiger partial charge on any atom is -0.550 e. The van der Waals surface area contributed by atoms with Crippen LogP contribution in [0.5, 0.6) is 0 Å². The summed E-state index contributed by atoms with van der Waals surface area (Å²) in [5.41, 5.74) is 1.04. The Hall–Kier alpha value is -2.17. The van der Waals surface area contributed by atoms with Gasteiger partial charge < -0.3 is 15.2 Å². The van der Waals surface area contributed by atoms with E-state index in [1.165, 1.54) is 6.92 Å². The van der Waals surface area contributed by atoms with Gasteiger partial charge in [0, 0.05) is 29.1 Å². The van der Waals surface area contributed by atoms with Crippen molar-refractivity contribution in [2.45, 2.75) is 26.2 Å². The van der Waals surface area contributed by atoms with Crippen molar-refractivity contribution in [3.05, 3.63) is 29.8 Å². The van der Waals surface area contributed by atoms with E-state index in [-0.39, 0.29) is 23.5 Å². The summed E-state index contributed by atoms with van der Waals surface area (Å²) in [6, 6.07) is 6.69. The van der Waals surface area contributed by atoms with Crippen molar-refractivity contribution in [2.75, 3.05) is 5.32 Å². The molecule has 4 atom stereocenters. The molecule has 22 heavy (non-hydrogen) atoms. The topological polar surface area (TPSA) is 86.3 Å². The fourth-order valence-electron chi connectivity index (χ4n) is 4.05. The van der Waals surface area contributed by atoms with E-state index in [4.69, 9.17) is 0 Å². The number of anilines is 1. The molecule has 1 amide bonds. The Labute approximate surface area is 128 Å². The highest BCUT2D eigenvalue weighted by Gasteiger charge is 2.51. The monoisotopic (exact) mass is 300 g/mol. The molecule has 2 bridgehead atoms. The van der Waals surface area contributed by atoms with E-state index in [2.05, 4.69) is 5.32 Å². The molecule has 2 fully saturated rings. The summed E-state index contributed by atoms with van der Waals surface area (Å²) in [5, 5.41) is 14.1. The second-order valence-electron chi connectivity index (χ2n) is 6.33. The lowest BCUT2D eigenvalue weighted by molar-refractivity contribution is -0.314. The van der Waals surface area contributed by atoms with Crippen LogP contribution in [0.4, 0.5) is 5.69 Å². The Morgan fingerprint density at radius 1 is 1.14 bits per heavy atom. The van der Waals surface area contributed by atoms with Crippen LogP contribution in [0.2, 0.25) is 0 Å². The number of carbonyl (C=O) groups is 3. The molecule has 0 heterocycles. The zero-order valence-electron chi connectivity index (χ0n) is 12.4. The summed E-state index contributed by atoms with van der Waals surface area (Å²) in [6.45, 7) is 1.46. The van der Waals surface area contributed by atoms with Crippen LogP contribution in [-0.2, 0) is 9.59 Å². The standard InChI is InChI=1S/C17H19NO4/c1-9(19)10-3-2-4-13(8-10)18-16(20)14-11-5-6-12(7-11)15(14)17(21)22/h2-4,8,11-12,14-15H,5-7H2,1H3,(H,18,20)(H,21,22)/p-1/t11-,12+,14+,15-/m1/s1. The number of benzene rings is 1. The smallest absolute Gasteiger partial charge is 0.228 e. The van der Waals surface area contributed by atoms with Crippen LogP contribution >= 0.6 is 0 Å². The molecular formula is C17H18NO4-. The fourth-order valence-corrected chi connectivity index (χ4v) is 4.05. The third kappa shape index (κ3) is 2.51. The Kier molecular flexibility index (Phi) is 3.72. The van der Waals surface area contributed by atoms with Gasteiger partial charge in [-0.15, -0.1) is 0 Å². The van der Waals surface area contributed by atoms with E-state index in [1.807, 2.05) is 0 Å². The Balaban J connectivity index is 1.78. The third-order valence-electron chi connectivity index (χ3n) is 5.03. The van der Waals surface area contributed by atoms with Crippen molar-refractivity contribution in [3.8, 4) is 0 Å². The Morgan fingerprint density at radius 2 is 1.82 bits per heavy atom. The maximum Gasteiger partial charge on any atom is 0.228 e. The predicted molar refractivity (Wildman–Crippen MR) is 77.9 cm³/mol. The number of rotatable bonds is 4. The normalized spacial score (nSPS) is 29.3. The van der Waals surface area contributed by atoms with Crippen LogP contribution < -0.4 is 10.4 Å². The average Bonchev–Trinajstić information content (AvgIpc) is 3.07. The van der Waals surface area contributed by atoms with E-state index in [9.17, 15) is 19.5 Å². The molecule has 2 aliphatic carbocycles. The fraction of sp³-hybridized carbons (Fsp3) is 0.471. The van der Waals surface area contributed by atoms with Gasteiger partial charge in [-0.1, -0.05) is 12.1 Å². The van der Waals surface area contributed by atoms with E-state index < -0.39 is 17.8 Å². The maximum absolute atomic E-state index is 12.5. The van der Waals surface area contributed by atoms with Gasteiger partial charge in [0.05, 0.1) is 0 Å². The van der Waals surface area contributed by atoms with E-state index in [0.717, 1.165) is 19.3 Å². The molecule has 1 N–H and O–H groups in total. The van der Waals surface area contributed by atoms with Gasteiger partial charge in [0.2, 0.25) is 5.91 Å². The van der Waals surface area contributed by atoms with Crippen LogP contribution in [0, 0.1) is 23.7 Å². The van der Waals surface area contributed by atoms with Gasteiger partial charge in [0.25, 0.3) is 0 Å². The zero-order valence-corrected chi connectivity index (χ0v) is 12.4. The minimum absolute atomic E-state index is 0.0642. The zero-order chi connectivity index (χ0) is 15.9. The van der Waals surface area contributed by atoms with Crippen molar-refractivity contribution in [3.63, 3.8) is 0 Å². The van der Waals surface area contributed by atoms with Crippen molar-refractivity contribution in [2.24, 2.45) is 23.7 Å². The highest BCUT2D eigenvalue weighted by Crippen LogP contribution is 2.52. The molecule has 0 radical (unpaired) electrons. The van der Waals surface area contributed by atoms with Crippen molar-refractivity contribution in [1.29, 1.82) is 0 Å². The first-order valence-electron chi connectivity index (χ1n) is 7.60. The highest BCUT2D eigenvalue weighted by atomic mass is 16.4. The third-order valence-corrected chi connectivity index (χ3v) is 5.03. The summed E-state index contributed by atoms with van der Waals surface area (Å²) in [4.78, 5) is 35.3. The largest absolute Gasteiger partial charge is 0.550 e. The summed E-state index contributed by atoms with van der Waals surface area (Å²) in [5.74, 6) is -2.49. The van der Waals surface area contributed by atoms with Gasteiger partial charge in [-0.2, -0.15) is 0 Å². The molecule has 0 saturated heterocycles. The second kappa shape index (κ2) is 5.55. The molecule has 2 saturated carbocycles. The molecule has 0 spiro atoms. The van der Waals surface area contributed by atoms with Crippen molar-refractivity contribution < 1.29 is 19.5 Å². The average molecular weight is 300 g/mol. The molecule has 0 aromatic heterocycles. The number of nitrogens with one attached hydrogen (secondary N) is 1. The summed E-state index contributed by atoms with van der Waals surface area (Å²) < 4.78 is 0. The number of aliphatic carboxylic acids is 1. The number of fused-ring (bicyclic) bond motifs is 2. The number of Topliss-reactive ketones (excluding diaryl/α,β-unsaturated/α-hetero) is 1. The van der Waals surface area contributed by atoms with Crippen LogP contribution in [0.3, 0.4) is 0 Å². The van der Waals surface area contributed by atoms with Gasteiger partial charge in [-0.25, -0.2) is 0 Å². The molecule has 2 aliphatic rings. The summed E-state index contributed by atoms with van der Waals surface area (Å²) in [7, 11) is 0. The summed E-state index contributed by atoms with van der Waals surface area (Å²) >= 11 is 0. The molecule has 5 heteroatoms. The first kappa shape index (κ1) is 14.8. The quantitative estimate of drug-likeness (QED) is 0.848. The summed E-state index contributed by atoms with van der Waals surface area (Å²) in [6.07, 6.45) is 2.57. The predicted octanol–water partition coefficient (Wildman–Crippen LogP) is 1.24. The number of ketones is 1. The minimum atomic E-state index is -1.12. The van der Waals surface area contributed by atoms with E-state index in [0.29, 0.717) is 11.3 Å². The van der Waals surface area contributed by atoms with E-state index >= 15 is 0 Å². The van der Waals surface area contributed by atoms with Gasteiger partial charge >= 0.3 is 0 Å². The SMILES string of the molecule is CC(=O)c1cccc(NC(=O)[C@H]2[C@@H]3CC[C@@H](C3)[C@H]2C(=O)[O-])c1. The number of hydrogen-bond donors (Lipinski definition) is 1. The molecule has 5 nitrogen and oxygen atoms in total. The molecular weight excluding hydrogens is 282 g/mol. The number of carbonyl (C=O) groups excluding carboxylic acids is 3. The first-order chi connectivity index (χ1) is 10.5. The first-order valence-corrected chi connectivity index (χ1v) is 7.60. The van der Waals surface area contributed by atoms with Crippen molar-refractivity contribution in [1.82, 2.24) is 0 Å². The van der Waals surface area contributed by atoms with Crippen LogP contribution in [0.1, 0.15) is 36.5 Å². The number of carboxylic acids is 1. The molecule has 0 aliphatic heterocycles. The van der Waals surface area contributed by atoms with Crippen molar-refractivity contribution >= 4 is 23.3 Å². The van der Waals surface area contributed by atoms with Gasteiger partial charge in [-0.05, 0) is 50.2 Å². The van der Waals surface area contributed by atoms with Crippen LogP contribution in [0.15, 0.2) is 24.3 Å². The maximum atomic E-state index is 12.5. The van der Waals surface area contributed by atoms with Gasteiger partial charge in [0.1, 0.15) is 0 Å². The molecule has 1 aromatic carbocycles. The Bertz CT molecular complexity index is 639. The van der Waals surface area contributed by atoms with E-state index in [1.54, 1.807) is 24.3 Å². The number of amides is 1. The molecule has 0 unspecified atom stereocenters. The second-order valence-corrected chi connectivity index (χ2v) is 6.33. The van der Waals surface area contributed by atoms with Gasteiger partial charge in [-0.3, -0.25) is 9.59 Å². The Morgan fingerprint density at radius 3 is 2.45 bits per heavy atom. The lowest BCUT2D eigenvalue weighted by atomic mass is 9.78. The lowest BCUT2D eigenvalue weighted by Gasteiger charge is -2.30. The molecule has 3 rings (SSSR count). The number of hydrogen-bond acceptors (Lipinski definition) is 4. The van der Waals surface area contributed by atoms with Crippen LogP contribution in [-0.4, -0.2) is 17.7 Å². The van der Waals surface area contributed by atoms with Gasteiger partial charge in [0.15, 0.2) is 5.78 Å². The number of carboxylic acid groups (broad SMARTS) is 1. The molecule has 1 aromatic rings. The van der Waals surface area contributed by atoms with Crippen LogP contribution in [0.25, 0.3) is 0 Å². The molecule has 116 valence electrons. The highest BCUT2D eigenvalue weighted by molar-refractivity contribution is 5.98.